The zero-order chi connectivity index (χ0) is 9.84. The molecule has 68 valence electrons. The van der Waals surface area contributed by atoms with E-state index in [1.165, 1.54) is 12.1 Å². The molecule has 0 fully saturated rings. The molecule has 1 atom stereocenters. The van der Waals surface area contributed by atoms with E-state index in [1.807, 2.05) is 0 Å². The minimum atomic E-state index is -0.965. The largest absolute Gasteiger partial charge is 0.478 e. The van der Waals surface area contributed by atoms with Gasteiger partial charge in [0.2, 0.25) is 0 Å². The summed E-state index contributed by atoms with van der Waals surface area (Å²) in [7, 11) is 0. The van der Waals surface area contributed by atoms with E-state index in [1.54, 1.807) is 18.2 Å². The number of rotatable bonds is 3. The molecule has 1 rings (SSSR count). The summed E-state index contributed by atoms with van der Waals surface area (Å²) >= 11 is 0. The Balaban J connectivity index is 3.19. The Morgan fingerprint density at radius 3 is 2.69 bits per heavy atom. The molecule has 0 heterocycles. The van der Waals surface area contributed by atoms with Crippen LogP contribution in [0.25, 0.3) is 0 Å². The van der Waals surface area contributed by atoms with E-state index < -0.39 is 12.0 Å². The molecule has 1 aromatic rings. The van der Waals surface area contributed by atoms with Gasteiger partial charge in [0.05, 0.1) is 5.56 Å². The quantitative estimate of drug-likeness (QED) is 0.689. The summed E-state index contributed by atoms with van der Waals surface area (Å²) in [6.07, 6.45) is 1.52. The summed E-state index contributed by atoms with van der Waals surface area (Å²) in [5, 5.41) is 8.82. The van der Waals surface area contributed by atoms with Gasteiger partial charge in [-0.2, -0.15) is 0 Å². The molecule has 0 radical (unpaired) electrons. The van der Waals surface area contributed by atoms with Gasteiger partial charge in [-0.15, -0.1) is 6.58 Å². The van der Waals surface area contributed by atoms with Crippen LogP contribution in [0.15, 0.2) is 36.9 Å². The van der Waals surface area contributed by atoms with Gasteiger partial charge in [0.15, 0.2) is 0 Å². The molecule has 1 aromatic carbocycles. The number of benzene rings is 1. The molecule has 0 saturated heterocycles. The third-order valence-corrected chi connectivity index (χ3v) is 1.80. The minimum Gasteiger partial charge on any atom is -0.478 e. The Bertz CT molecular complexity index is 333. The van der Waals surface area contributed by atoms with Crippen molar-refractivity contribution in [3.63, 3.8) is 0 Å². The molecule has 3 nitrogen and oxygen atoms in total. The maximum absolute atomic E-state index is 10.8. The van der Waals surface area contributed by atoms with Crippen LogP contribution < -0.4 is 5.73 Å². The van der Waals surface area contributed by atoms with Crippen molar-refractivity contribution in [3.8, 4) is 0 Å². The van der Waals surface area contributed by atoms with E-state index in [-0.39, 0.29) is 5.56 Å². The van der Waals surface area contributed by atoms with Crippen molar-refractivity contribution in [1.82, 2.24) is 0 Å². The first-order valence-corrected chi connectivity index (χ1v) is 3.87. The highest BCUT2D eigenvalue weighted by atomic mass is 16.4. The van der Waals surface area contributed by atoms with Crippen molar-refractivity contribution in [2.24, 2.45) is 5.73 Å². The Morgan fingerprint density at radius 1 is 1.54 bits per heavy atom. The second-order valence-electron chi connectivity index (χ2n) is 2.65. The second kappa shape index (κ2) is 3.87. The van der Waals surface area contributed by atoms with E-state index >= 15 is 0 Å². The average Bonchev–Trinajstić information content (AvgIpc) is 2.16. The fourth-order valence-electron chi connectivity index (χ4n) is 1.11. The standard InChI is InChI=1S/C10H11NO2/c1-2-9(11)7-5-3-4-6-8(7)10(12)13/h2-6,9H,1,11H2,(H,12,13). The first-order chi connectivity index (χ1) is 6.16. The van der Waals surface area contributed by atoms with Gasteiger partial charge in [0, 0.05) is 6.04 Å². The van der Waals surface area contributed by atoms with E-state index in [0.29, 0.717) is 5.56 Å². The number of nitrogens with two attached hydrogens (primary N) is 1. The van der Waals surface area contributed by atoms with Crippen LogP contribution in [0.1, 0.15) is 22.0 Å². The molecule has 0 aromatic heterocycles. The predicted molar refractivity (Wildman–Crippen MR) is 50.5 cm³/mol. The monoisotopic (exact) mass is 177 g/mol. The first kappa shape index (κ1) is 9.48. The van der Waals surface area contributed by atoms with Crippen molar-refractivity contribution >= 4 is 5.97 Å². The van der Waals surface area contributed by atoms with E-state index in [4.69, 9.17) is 10.8 Å². The zero-order valence-electron chi connectivity index (χ0n) is 7.10. The number of carbonyl (C=O) groups is 1. The van der Waals surface area contributed by atoms with Crippen LogP contribution >= 0.6 is 0 Å². The predicted octanol–water partition coefficient (Wildman–Crippen LogP) is 1.57. The maximum atomic E-state index is 10.8. The van der Waals surface area contributed by atoms with Crippen LogP contribution in [0.2, 0.25) is 0 Å². The van der Waals surface area contributed by atoms with Crippen molar-refractivity contribution in [1.29, 1.82) is 0 Å². The van der Waals surface area contributed by atoms with Gasteiger partial charge in [-0.3, -0.25) is 0 Å². The van der Waals surface area contributed by atoms with Crippen LogP contribution in [0.4, 0.5) is 0 Å². The van der Waals surface area contributed by atoms with Crippen LogP contribution in [-0.2, 0) is 0 Å². The molecule has 3 N–H and O–H groups in total. The van der Waals surface area contributed by atoms with Gasteiger partial charge in [0.25, 0.3) is 0 Å². The summed E-state index contributed by atoms with van der Waals surface area (Å²) < 4.78 is 0. The highest BCUT2D eigenvalue weighted by Crippen LogP contribution is 2.16. The van der Waals surface area contributed by atoms with Crippen LogP contribution in [0, 0.1) is 0 Å². The number of aromatic carboxylic acids is 1. The highest BCUT2D eigenvalue weighted by molar-refractivity contribution is 5.89. The molecular weight excluding hydrogens is 166 g/mol. The third-order valence-electron chi connectivity index (χ3n) is 1.80. The summed E-state index contributed by atoms with van der Waals surface area (Å²) in [5.74, 6) is -0.965. The van der Waals surface area contributed by atoms with E-state index in [9.17, 15) is 4.79 Å². The number of carboxylic acids is 1. The van der Waals surface area contributed by atoms with Crippen molar-refractivity contribution < 1.29 is 9.90 Å². The molecule has 0 spiro atoms. The Labute approximate surface area is 76.5 Å². The van der Waals surface area contributed by atoms with Gasteiger partial charge in [-0.1, -0.05) is 24.3 Å². The second-order valence-corrected chi connectivity index (χ2v) is 2.65. The zero-order valence-corrected chi connectivity index (χ0v) is 7.10. The van der Waals surface area contributed by atoms with Gasteiger partial charge >= 0.3 is 5.97 Å². The van der Waals surface area contributed by atoms with Crippen molar-refractivity contribution in [2.75, 3.05) is 0 Å². The summed E-state index contributed by atoms with van der Waals surface area (Å²) in [5.41, 5.74) is 6.47. The Morgan fingerprint density at radius 2 is 2.15 bits per heavy atom. The van der Waals surface area contributed by atoms with Gasteiger partial charge in [-0.25, -0.2) is 4.79 Å². The lowest BCUT2D eigenvalue weighted by Crippen LogP contribution is -2.12. The van der Waals surface area contributed by atoms with Crippen molar-refractivity contribution in [2.45, 2.75) is 6.04 Å². The molecule has 1 unspecified atom stereocenters. The summed E-state index contributed by atoms with van der Waals surface area (Å²) in [6.45, 7) is 3.52. The molecule has 0 aliphatic heterocycles. The minimum absolute atomic E-state index is 0.231. The first-order valence-electron chi connectivity index (χ1n) is 3.87. The van der Waals surface area contributed by atoms with Crippen LogP contribution in [0.5, 0.6) is 0 Å². The molecule has 0 bridgehead atoms. The third kappa shape index (κ3) is 1.95. The van der Waals surface area contributed by atoms with E-state index in [2.05, 4.69) is 6.58 Å². The van der Waals surface area contributed by atoms with Crippen LogP contribution in [0.3, 0.4) is 0 Å². The lowest BCUT2D eigenvalue weighted by Gasteiger charge is -2.09. The van der Waals surface area contributed by atoms with Gasteiger partial charge < -0.3 is 10.8 Å². The molecule has 3 heteroatoms. The maximum Gasteiger partial charge on any atom is 0.336 e. The average molecular weight is 177 g/mol. The number of hydrogen-bond acceptors (Lipinski definition) is 2. The fourth-order valence-corrected chi connectivity index (χ4v) is 1.11. The smallest absolute Gasteiger partial charge is 0.336 e. The lowest BCUT2D eigenvalue weighted by atomic mass is 10.0. The molecule has 0 amide bonds. The van der Waals surface area contributed by atoms with E-state index in [0.717, 1.165) is 0 Å². The Hall–Kier alpha value is -1.61. The molecule has 0 aliphatic rings. The van der Waals surface area contributed by atoms with Crippen molar-refractivity contribution in [3.05, 3.63) is 48.0 Å². The SMILES string of the molecule is C=CC(N)c1ccccc1C(=O)O. The molecular formula is C10H11NO2. The van der Waals surface area contributed by atoms with Crippen LogP contribution in [-0.4, -0.2) is 11.1 Å². The van der Waals surface area contributed by atoms with Gasteiger partial charge in [0.1, 0.15) is 0 Å². The lowest BCUT2D eigenvalue weighted by molar-refractivity contribution is 0.0695. The van der Waals surface area contributed by atoms with Gasteiger partial charge in [-0.05, 0) is 11.6 Å². The Kier molecular flexibility index (Phi) is 2.82. The molecule has 0 saturated carbocycles. The summed E-state index contributed by atoms with van der Waals surface area (Å²) in [4.78, 5) is 10.8. The highest BCUT2D eigenvalue weighted by Gasteiger charge is 2.12. The molecule has 13 heavy (non-hydrogen) atoms. The topological polar surface area (TPSA) is 63.3 Å². The molecule has 0 aliphatic carbocycles. The summed E-state index contributed by atoms with van der Waals surface area (Å²) in [6, 6.07) is 6.22. The fraction of sp³-hybridized carbons (Fsp3) is 0.100. The number of carboxylic acid groups (broad SMARTS) is 1. The normalized spacial score (nSPS) is 12.1. The number of hydrogen-bond donors (Lipinski definition) is 2.